The Hall–Kier alpha value is -0.690. The highest BCUT2D eigenvalue weighted by atomic mass is 35.5. The van der Waals surface area contributed by atoms with E-state index in [9.17, 15) is 0 Å². The van der Waals surface area contributed by atoms with E-state index < -0.39 is 0 Å². The van der Waals surface area contributed by atoms with Crippen molar-refractivity contribution < 1.29 is 0 Å². The van der Waals surface area contributed by atoms with Crippen LogP contribution in [-0.2, 0) is 12.8 Å². The van der Waals surface area contributed by atoms with E-state index in [2.05, 4.69) is 19.9 Å². The summed E-state index contributed by atoms with van der Waals surface area (Å²) >= 11 is 5.95. The van der Waals surface area contributed by atoms with E-state index in [1.165, 1.54) is 5.56 Å². The van der Waals surface area contributed by atoms with Gasteiger partial charge in [-0.15, -0.1) is 0 Å². The predicted octanol–water partition coefficient (Wildman–Crippen LogP) is 3.05. The zero-order valence-electron chi connectivity index (χ0n) is 7.52. The highest BCUT2D eigenvalue weighted by Crippen LogP contribution is 2.25. The second-order valence-corrected chi connectivity index (χ2v) is 3.26. The van der Waals surface area contributed by atoms with Crippen LogP contribution in [0.15, 0.2) is 12.1 Å². The van der Waals surface area contributed by atoms with Crippen LogP contribution in [0.3, 0.4) is 0 Å². The molecule has 0 radical (unpaired) electrons. The fourth-order valence-corrected chi connectivity index (χ4v) is 1.50. The first kappa shape index (κ1) is 9.40. The summed E-state index contributed by atoms with van der Waals surface area (Å²) in [5.74, 6) is 0. The summed E-state index contributed by atoms with van der Waals surface area (Å²) in [7, 11) is 0. The fraction of sp³-hybridized carbons (Fsp3) is 0.400. The van der Waals surface area contributed by atoms with E-state index in [1.54, 1.807) is 0 Å². The molecular weight excluding hydrogens is 170 g/mol. The zero-order chi connectivity index (χ0) is 9.14. The highest BCUT2D eigenvalue weighted by Gasteiger charge is 2.03. The van der Waals surface area contributed by atoms with Crippen LogP contribution in [0.2, 0.25) is 5.02 Å². The fourth-order valence-electron chi connectivity index (χ4n) is 1.23. The Morgan fingerprint density at radius 1 is 1.25 bits per heavy atom. The molecule has 1 rings (SSSR count). The minimum atomic E-state index is 0.686. The Balaban J connectivity index is 3.19. The molecule has 0 atom stereocenters. The van der Waals surface area contributed by atoms with Crippen LogP contribution in [0.5, 0.6) is 0 Å². The molecule has 66 valence electrons. The molecule has 12 heavy (non-hydrogen) atoms. The van der Waals surface area contributed by atoms with Crippen molar-refractivity contribution in [3.63, 3.8) is 0 Å². The number of hydrogen-bond acceptors (Lipinski definition) is 1. The van der Waals surface area contributed by atoms with Crippen LogP contribution in [0.25, 0.3) is 0 Å². The number of aryl methyl sites for hydroxylation is 2. The molecule has 0 heterocycles. The van der Waals surface area contributed by atoms with Crippen molar-refractivity contribution in [3.05, 3.63) is 28.3 Å². The standard InChI is InChI=1S/C10H14ClN/c1-3-7-5-8(4-2)10(12)9(11)6-7/h5-6H,3-4,12H2,1-2H3. The van der Waals surface area contributed by atoms with Gasteiger partial charge in [0.2, 0.25) is 0 Å². The smallest absolute Gasteiger partial charge is 0.0641 e. The summed E-state index contributed by atoms with van der Waals surface area (Å²) in [6.45, 7) is 4.20. The molecule has 1 aromatic carbocycles. The van der Waals surface area contributed by atoms with Gasteiger partial charge >= 0.3 is 0 Å². The minimum Gasteiger partial charge on any atom is -0.397 e. The molecule has 2 heteroatoms. The van der Waals surface area contributed by atoms with Crippen molar-refractivity contribution >= 4 is 17.3 Å². The van der Waals surface area contributed by atoms with Gasteiger partial charge in [-0.2, -0.15) is 0 Å². The highest BCUT2D eigenvalue weighted by molar-refractivity contribution is 6.33. The molecule has 0 aliphatic heterocycles. The van der Waals surface area contributed by atoms with Crippen molar-refractivity contribution in [2.75, 3.05) is 5.73 Å². The number of nitrogens with two attached hydrogens (primary N) is 1. The Labute approximate surface area is 78.5 Å². The third-order valence-corrected chi connectivity index (χ3v) is 2.38. The van der Waals surface area contributed by atoms with Gasteiger partial charge in [0.25, 0.3) is 0 Å². The molecule has 2 N–H and O–H groups in total. The molecule has 0 bridgehead atoms. The lowest BCUT2D eigenvalue weighted by atomic mass is 10.1. The second kappa shape index (κ2) is 3.81. The van der Waals surface area contributed by atoms with Gasteiger partial charge in [-0.1, -0.05) is 31.5 Å². The van der Waals surface area contributed by atoms with Crippen LogP contribution in [0.1, 0.15) is 25.0 Å². The van der Waals surface area contributed by atoms with Gasteiger partial charge in [0.15, 0.2) is 0 Å². The third-order valence-electron chi connectivity index (χ3n) is 2.06. The van der Waals surface area contributed by atoms with Gasteiger partial charge in [0.05, 0.1) is 10.7 Å². The third kappa shape index (κ3) is 1.72. The van der Waals surface area contributed by atoms with Crippen LogP contribution in [0.4, 0.5) is 5.69 Å². The molecule has 0 aromatic heterocycles. The number of hydrogen-bond donors (Lipinski definition) is 1. The maximum atomic E-state index is 5.95. The SMILES string of the molecule is CCc1cc(Cl)c(N)c(CC)c1. The largest absolute Gasteiger partial charge is 0.397 e. The summed E-state index contributed by atoms with van der Waals surface area (Å²) in [5, 5.41) is 0.686. The second-order valence-electron chi connectivity index (χ2n) is 2.86. The van der Waals surface area contributed by atoms with Crippen LogP contribution >= 0.6 is 11.6 Å². The molecule has 0 aliphatic rings. The van der Waals surface area contributed by atoms with Crippen molar-refractivity contribution in [2.24, 2.45) is 0 Å². The molecule has 0 saturated heterocycles. The van der Waals surface area contributed by atoms with Crippen LogP contribution in [0, 0.1) is 0 Å². The number of anilines is 1. The first-order valence-corrected chi connectivity index (χ1v) is 4.63. The average molecular weight is 184 g/mol. The van der Waals surface area contributed by atoms with Gasteiger partial charge in [-0.25, -0.2) is 0 Å². The lowest BCUT2D eigenvalue weighted by Gasteiger charge is -2.07. The quantitative estimate of drug-likeness (QED) is 0.701. The molecule has 1 aromatic rings. The molecule has 0 amide bonds. The maximum absolute atomic E-state index is 5.95. The van der Waals surface area contributed by atoms with Gasteiger partial charge in [-0.05, 0) is 30.0 Å². The molecule has 0 saturated carbocycles. The Morgan fingerprint density at radius 3 is 2.42 bits per heavy atom. The summed E-state index contributed by atoms with van der Waals surface area (Å²) in [6, 6.07) is 4.07. The van der Waals surface area contributed by atoms with Crippen LogP contribution in [-0.4, -0.2) is 0 Å². The summed E-state index contributed by atoms with van der Waals surface area (Å²) < 4.78 is 0. The van der Waals surface area contributed by atoms with Crippen molar-refractivity contribution in [3.8, 4) is 0 Å². The van der Waals surface area contributed by atoms with E-state index in [1.807, 2.05) is 6.07 Å². The first-order valence-electron chi connectivity index (χ1n) is 4.25. The summed E-state index contributed by atoms with van der Waals surface area (Å²) in [4.78, 5) is 0. The van der Waals surface area contributed by atoms with E-state index in [-0.39, 0.29) is 0 Å². The lowest BCUT2D eigenvalue weighted by Crippen LogP contribution is -1.95. The number of nitrogen functional groups attached to an aromatic ring is 1. The van der Waals surface area contributed by atoms with E-state index >= 15 is 0 Å². The number of halogens is 1. The Morgan fingerprint density at radius 2 is 1.92 bits per heavy atom. The van der Waals surface area contributed by atoms with Crippen molar-refractivity contribution in [1.82, 2.24) is 0 Å². The topological polar surface area (TPSA) is 26.0 Å². The molecule has 0 aliphatic carbocycles. The van der Waals surface area contributed by atoms with Crippen molar-refractivity contribution in [2.45, 2.75) is 26.7 Å². The van der Waals surface area contributed by atoms with Gasteiger partial charge < -0.3 is 5.73 Å². The normalized spacial score (nSPS) is 10.2. The predicted molar refractivity (Wildman–Crippen MR) is 54.6 cm³/mol. The van der Waals surface area contributed by atoms with Gasteiger partial charge in [-0.3, -0.25) is 0 Å². The summed E-state index contributed by atoms with van der Waals surface area (Å²) in [6.07, 6.45) is 1.95. The monoisotopic (exact) mass is 183 g/mol. The van der Waals surface area contributed by atoms with Crippen molar-refractivity contribution in [1.29, 1.82) is 0 Å². The van der Waals surface area contributed by atoms with E-state index in [0.717, 1.165) is 24.1 Å². The Kier molecular flexibility index (Phi) is 2.99. The minimum absolute atomic E-state index is 0.686. The molecular formula is C10H14ClN. The van der Waals surface area contributed by atoms with Gasteiger partial charge in [0, 0.05) is 0 Å². The maximum Gasteiger partial charge on any atom is 0.0641 e. The number of benzene rings is 1. The van der Waals surface area contributed by atoms with E-state index in [0.29, 0.717) is 5.02 Å². The number of rotatable bonds is 2. The molecule has 0 fully saturated rings. The Bertz CT molecular complexity index is 281. The lowest BCUT2D eigenvalue weighted by molar-refractivity contribution is 1.09. The van der Waals surface area contributed by atoms with E-state index in [4.69, 9.17) is 17.3 Å². The van der Waals surface area contributed by atoms with Crippen LogP contribution < -0.4 is 5.73 Å². The summed E-state index contributed by atoms with van der Waals surface area (Å²) in [5.41, 5.74) is 8.93. The van der Waals surface area contributed by atoms with Gasteiger partial charge in [0.1, 0.15) is 0 Å². The average Bonchev–Trinajstić information content (AvgIpc) is 2.09. The first-order chi connectivity index (χ1) is 5.69. The molecule has 0 unspecified atom stereocenters. The molecule has 1 nitrogen and oxygen atoms in total. The molecule has 0 spiro atoms. The zero-order valence-corrected chi connectivity index (χ0v) is 8.28.